The van der Waals surface area contributed by atoms with Crippen LogP contribution in [0.15, 0.2) is 24.3 Å². The van der Waals surface area contributed by atoms with Crippen LogP contribution in [0.4, 0.5) is 0 Å². The third kappa shape index (κ3) is 5.27. The van der Waals surface area contributed by atoms with Gasteiger partial charge in [0.2, 0.25) is 11.8 Å². The van der Waals surface area contributed by atoms with Crippen molar-refractivity contribution < 1.29 is 14.4 Å². The first kappa shape index (κ1) is 20.4. The van der Waals surface area contributed by atoms with Crippen LogP contribution in [0.5, 0.6) is 0 Å². The van der Waals surface area contributed by atoms with E-state index in [9.17, 15) is 14.4 Å². The van der Waals surface area contributed by atoms with E-state index >= 15 is 0 Å². The zero-order valence-corrected chi connectivity index (χ0v) is 15.5. The first-order valence-electron chi connectivity index (χ1n) is 8.77. The lowest BCUT2D eigenvalue weighted by atomic mass is 10.1. The number of benzene rings is 1. The van der Waals surface area contributed by atoms with E-state index < -0.39 is 0 Å². The fraction of sp³-hybridized carbons (Fsp3) is 0.500. The van der Waals surface area contributed by atoms with Crippen molar-refractivity contribution in [1.29, 1.82) is 0 Å². The van der Waals surface area contributed by atoms with Crippen LogP contribution in [0.3, 0.4) is 0 Å². The van der Waals surface area contributed by atoms with Crippen molar-refractivity contribution in [2.24, 2.45) is 0 Å². The van der Waals surface area contributed by atoms with Crippen molar-refractivity contribution in [3.05, 3.63) is 35.4 Å². The molecule has 2 fully saturated rings. The van der Waals surface area contributed by atoms with E-state index in [0.29, 0.717) is 24.9 Å². The van der Waals surface area contributed by atoms with E-state index in [0.717, 1.165) is 38.3 Å². The van der Waals surface area contributed by atoms with E-state index in [4.69, 9.17) is 0 Å². The normalized spacial score (nSPS) is 17.9. The summed E-state index contributed by atoms with van der Waals surface area (Å²) >= 11 is 0. The van der Waals surface area contributed by atoms with E-state index in [-0.39, 0.29) is 36.7 Å². The Balaban J connectivity index is 0.00000243. The number of amides is 3. The van der Waals surface area contributed by atoms with Gasteiger partial charge in [0.1, 0.15) is 0 Å². The molecular weight excluding hydrogens is 356 g/mol. The van der Waals surface area contributed by atoms with Crippen molar-refractivity contribution >= 4 is 30.1 Å². The van der Waals surface area contributed by atoms with Crippen molar-refractivity contribution in [3.8, 4) is 0 Å². The third-order valence-corrected chi connectivity index (χ3v) is 4.63. The summed E-state index contributed by atoms with van der Waals surface area (Å²) in [5.41, 5.74) is 1.43. The Kier molecular flexibility index (Phi) is 7.56. The minimum Gasteiger partial charge on any atom is -0.351 e. The molecule has 0 unspecified atom stereocenters. The van der Waals surface area contributed by atoms with E-state index in [1.165, 1.54) is 4.90 Å². The molecule has 0 bridgehead atoms. The average molecular weight is 381 g/mol. The number of piperazine rings is 1. The summed E-state index contributed by atoms with van der Waals surface area (Å²) in [4.78, 5) is 39.1. The van der Waals surface area contributed by atoms with Crippen LogP contribution >= 0.6 is 12.4 Å². The highest BCUT2D eigenvalue weighted by Crippen LogP contribution is 2.16. The number of hydrogen-bond donors (Lipinski definition) is 2. The number of hydrogen-bond acceptors (Lipinski definition) is 5. The second kappa shape index (κ2) is 9.66. The smallest absolute Gasteiger partial charge is 0.251 e. The molecule has 0 aliphatic carbocycles. The second-order valence-corrected chi connectivity index (χ2v) is 6.42. The van der Waals surface area contributed by atoms with Gasteiger partial charge >= 0.3 is 0 Å². The van der Waals surface area contributed by atoms with Crippen LogP contribution in [0.1, 0.15) is 28.8 Å². The van der Waals surface area contributed by atoms with Gasteiger partial charge in [-0.15, -0.1) is 12.4 Å². The lowest BCUT2D eigenvalue weighted by molar-refractivity contribution is -0.139. The Bertz CT molecular complexity index is 628. The second-order valence-electron chi connectivity index (χ2n) is 6.42. The molecule has 0 spiro atoms. The summed E-state index contributed by atoms with van der Waals surface area (Å²) in [7, 11) is 0. The van der Waals surface area contributed by atoms with Gasteiger partial charge in [0, 0.05) is 57.7 Å². The van der Waals surface area contributed by atoms with Gasteiger partial charge < -0.3 is 10.6 Å². The van der Waals surface area contributed by atoms with Gasteiger partial charge in [0.15, 0.2) is 0 Å². The molecule has 3 amide bonds. The molecule has 3 rings (SSSR count). The maximum absolute atomic E-state index is 12.2. The molecule has 8 heteroatoms. The predicted octanol–water partition coefficient (Wildman–Crippen LogP) is 0.392. The molecule has 2 aliphatic heterocycles. The molecule has 26 heavy (non-hydrogen) atoms. The summed E-state index contributed by atoms with van der Waals surface area (Å²) in [6.07, 6.45) is 0.596. The first-order valence-corrected chi connectivity index (χ1v) is 8.77. The number of carbonyl (C=O) groups is 3. The maximum atomic E-state index is 12.2. The minimum absolute atomic E-state index is 0. The highest BCUT2D eigenvalue weighted by molar-refractivity contribution is 6.01. The number of nitrogens with zero attached hydrogens (tertiary/aromatic N) is 2. The van der Waals surface area contributed by atoms with Crippen LogP contribution in [0, 0.1) is 0 Å². The van der Waals surface area contributed by atoms with Gasteiger partial charge in [-0.25, -0.2) is 0 Å². The lowest BCUT2D eigenvalue weighted by Crippen LogP contribution is -2.46. The standard InChI is InChI=1S/C18H24N4O3.ClH/c23-16-5-6-17(24)22(16)13-14-1-3-15(4-2-14)18(25)20-9-12-21-10-7-19-8-11-21;/h1-4,19H,5-13H2,(H,20,25);1H. The van der Waals surface area contributed by atoms with Gasteiger partial charge in [0.05, 0.1) is 6.54 Å². The zero-order valence-electron chi connectivity index (χ0n) is 14.7. The summed E-state index contributed by atoms with van der Waals surface area (Å²) < 4.78 is 0. The van der Waals surface area contributed by atoms with Crippen LogP contribution in [-0.2, 0) is 16.1 Å². The number of imide groups is 1. The molecule has 142 valence electrons. The van der Waals surface area contributed by atoms with E-state index in [2.05, 4.69) is 15.5 Å². The Hall–Kier alpha value is -1.96. The summed E-state index contributed by atoms with van der Waals surface area (Å²) in [5.74, 6) is -0.352. The summed E-state index contributed by atoms with van der Waals surface area (Å²) in [5, 5.41) is 6.23. The van der Waals surface area contributed by atoms with Crippen LogP contribution in [-0.4, -0.2) is 66.8 Å². The molecule has 1 aromatic rings. The Morgan fingerprint density at radius 2 is 1.65 bits per heavy atom. The molecule has 0 saturated carbocycles. The molecule has 1 aromatic carbocycles. The summed E-state index contributed by atoms with van der Waals surface area (Å²) in [6.45, 7) is 5.77. The Labute approximate surface area is 159 Å². The van der Waals surface area contributed by atoms with Gasteiger partial charge in [-0.3, -0.25) is 24.2 Å². The van der Waals surface area contributed by atoms with Crippen LogP contribution < -0.4 is 10.6 Å². The fourth-order valence-corrected chi connectivity index (χ4v) is 3.11. The van der Waals surface area contributed by atoms with Gasteiger partial charge in [0.25, 0.3) is 5.91 Å². The number of rotatable bonds is 6. The molecule has 2 N–H and O–H groups in total. The lowest BCUT2D eigenvalue weighted by Gasteiger charge is -2.27. The molecule has 2 aliphatic rings. The quantitative estimate of drug-likeness (QED) is 0.698. The summed E-state index contributed by atoms with van der Waals surface area (Å²) in [6, 6.07) is 7.06. The highest BCUT2D eigenvalue weighted by atomic mass is 35.5. The van der Waals surface area contributed by atoms with Crippen molar-refractivity contribution in [3.63, 3.8) is 0 Å². The molecule has 2 heterocycles. The van der Waals surface area contributed by atoms with Crippen LogP contribution in [0.25, 0.3) is 0 Å². The van der Waals surface area contributed by atoms with Crippen LogP contribution in [0.2, 0.25) is 0 Å². The van der Waals surface area contributed by atoms with Gasteiger partial charge in [-0.05, 0) is 17.7 Å². The molecule has 0 radical (unpaired) electrons. The van der Waals surface area contributed by atoms with E-state index in [1.807, 2.05) is 0 Å². The monoisotopic (exact) mass is 380 g/mol. The average Bonchev–Trinajstić information content (AvgIpc) is 2.95. The SMILES string of the molecule is Cl.O=C(NCCN1CCNCC1)c1ccc(CN2C(=O)CCC2=O)cc1. The third-order valence-electron chi connectivity index (χ3n) is 4.63. The van der Waals surface area contributed by atoms with E-state index in [1.54, 1.807) is 24.3 Å². The molecule has 0 aromatic heterocycles. The zero-order chi connectivity index (χ0) is 17.6. The number of carbonyl (C=O) groups excluding carboxylic acids is 3. The first-order chi connectivity index (χ1) is 12.1. The Morgan fingerprint density at radius 3 is 2.27 bits per heavy atom. The van der Waals surface area contributed by atoms with Gasteiger partial charge in [-0.2, -0.15) is 0 Å². The number of halogens is 1. The Morgan fingerprint density at radius 1 is 1.04 bits per heavy atom. The molecule has 0 atom stereocenters. The predicted molar refractivity (Wildman–Crippen MR) is 100 cm³/mol. The topological polar surface area (TPSA) is 81.8 Å². The largest absolute Gasteiger partial charge is 0.351 e. The van der Waals surface area contributed by atoms with Crippen molar-refractivity contribution in [1.82, 2.24) is 20.4 Å². The molecule has 2 saturated heterocycles. The number of nitrogens with one attached hydrogen (secondary N) is 2. The fourth-order valence-electron chi connectivity index (χ4n) is 3.11. The van der Waals surface area contributed by atoms with Crippen molar-refractivity contribution in [2.75, 3.05) is 39.3 Å². The molecular formula is C18H25ClN4O3. The van der Waals surface area contributed by atoms with Gasteiger partial charge in [-0.1, -0.05) is 12.1 Å². The molecule has 7 nitrogen and oxygen atoms in total. The highest BCUT2D eigenvalue weighted by Gasteiger charge is 2.28. The minimum atomic E-state index is -0.125. The maximum Gasteiger partial charge on any atom is 0.251 e. The number of likely N-dealkylation sites (tertiary alicyclic amines) is 1. The van der Waals surface area contributed by atoms with Crippen molar-refractivity contribution in [2.45, 2.75) is 19.4 Å².